The van der Waals surface area contributed by atoms with Crippen molar-refractivity contribution in [3.63, 3.8) is 0 Å². The molecule has 136 valence electrons. The lowest BCUT2D eigenvalue weighted by Gasteiger charge is -2.22. The lowest BCUT2D eigenvalue weighted by molar-refractivity contribution is -0.127. The Morgan fingerprint density at radius 3 is 2.58 bits per heavy atom. The third kappa shape index (κ3) is 4.38. The Kier molecular flexibility index (Phi) is 5.52. The number of anilines is 1. The van der Waals surface area contributed by atoms with E-state index >= 15 is 0 Å². The van der Waals surface area contributed by atoms with Crippen molar-refractivity contribution < 1.29 is 9.18 Å². The highest BCUT2D eigenvalue weighted by atomic mass is 35.5. The van der Waals surface area contributed by atoms with Gasteiger partial charge in [-0.05, 0) is 31.1 Å². The van der Waals surface area contributed by atoms with E-state index in [1.807, 2.05) is 14.1 Å². The van der Waals surface area contributed by atoms with E-state index in [0.717, 1.165) is 18.4 Å². The number of hydrogen-bond acceptors (Lipinski definition) is 4. The number of nitrogens with zero attached hydrogens (tertiary/aromatic N) is 4. The van der Waals surface area contributed by atoms with Crippen molar-refractivity contribution in [2.75, 3.05) is 19.0 Å². The molecule has 0 aliphatic heterocycles. The van der Waals surface area contributed by atoms with Gasteiger partial charge in [-0.2, -0.15) is 0 Å². The number of carbonyl (C=O) groups excluding carboxylic acids is 1. The Labute approximate surface area is 157 Å². The van der Waals surface area contributed by atoms with E-state index in [-0.39, 0.29) is 18.5 Å². The van der Waals surface area contributed by atoms with Crippen LogP contribution >= 0.6 is 11.6 Å². The Morgan fingerprint density at radius 1 is 1.31 bits per heavy atom. The summed E-state index contributed by atoms with van der Waals surface area (Å²) in [5.74, 6) is 0.0263. The largest absolute Gasteiger partial charge is 0.347 e. The molecule has 5 nitrogen and oxygen atoms in total. The first-order valence-corrected chi connectivity index (χ1v) is 8.74. The quantitative estimate of drug-likeness (QED) is 0.726. The molecule has 0 saturated heterocycles. The van der Waals surface area contributed by atoms with Crippen molar-refractivity contribution in [3.8, 4) is 0 Å². The molecule has 1 aromatic carbocycles. The van der Waals surface area contributed by atoms with Crippen LogP contribution in [0.1, 0.15) is 24.0 Å². The van der Waals surface area contributed by atoms with Gasteiger partial charge in [0.05, 0.1) is 6.54 Å². The molecular formula is C19H20ClFN4O. The third-order valence-electron chi connectivity index (χ3n) is 4.14. The Hall–Kier alpha value is -2.47. The number of amides is 1. The maximum Gasteiger partial charge on any atom is 0.247 e. The molecule has 1 amide bonds. The number of benzene rings is 1. The summed E-state index contributed by atoms with van der Waals surface area (Å²) in [6, 6.07) is 4.68. The molecular weight excluding hydrogens is 355 g/mol. The average molecular weight is 375 g/mol. The minimum absolute atomic E-state index is 0.134. The van der Waals surface area contributed by atoms with Crippen LogP contribution in [0.25, 0.3) is 6.08 Å². The number of halogens is 2. The topological polar surface area (TPSA) is 49.3 Å². The summed E-state index contributed by atoms with van der Waals surface area (Å²) < 4.78 is 14.1. The predicted molar refractivity (Wildman–Crippen MR) is 100 cm³/mol. The van der Waals surface area contributed by atoms with Gasteiger partial charge in [0.1, 0.15) is 5.82 Å². The molecule has 1 aromatic heterocycles. The molecule has 1 aliphatic rings. The fourth-order valence-corrected chi connectivity index (χ4v) is 2.76. The molecule has 1 heterocycles. The Morgan fingerprint density at radius 2 is 2.00 bits per heavy atom. The number of rotatable bonds is 6. The minimum Gasteiger partial charge on any atom is -0.347 e. The highest BCUT2D eigenvalue weighted by Crippen LogP contribution is 2.31. The minimum atomic E-state index is -0.396. The standard InChI is InChI=1S/C19H20ClFN4O/c1-24(2)19-22-10-13(11-23-19)6-9-18(26)25(14-7-8-14)12-15-16(20)4-3-5-17(15)21/h3-6,9-11,14H,7-8,12H2,1-2H3. The SMILES string of the molecule is CN(C)c1ncc(C=CC(=O)N(Cc2c(F)cccc2Cl)C2CC2)cn1. The first-order chi connectivity index (χ1) is 12.5. The zero-order valence-electron chi connectivity index (χ0n) is 14.7. The van der Waals surface area contributed by atoms with Gasteiger partial charge in [0, 0.05) is 54.8 Å². The summed E-state index contributed by atoms with van der Waals surface area (Å²) in [7, 11) is 3.71. The second-order valence-corrected chi connectivity index (χ2v) is 6.85. The van der Waals surface area contributed by atoms with Crippen molar-refractivity contribution >= 4 is 29.5 Å². The molecule has 0 radical (unpaired) electrons. The van der Waals surface area contributed by atoms with Crippen LogP contribution in [0.15, 0.2) is 36.7 Å². The van der Waals surface area contributed by atoms with Crippen molar-refractivity contribution in [1.29, 1.82) is 0 Å². The predicted octanol–water partition coefficient (Wildman–Crippen LogP) is 3.54. The molecule has 26 heavy (non-hydrogen) atoms. The van der Waals surface area contributed by atoms with Crippen LogP contribution in [0.2, 0.25) is 5.02 Å². The van der Waals surface area contributed by atoms with Crippen LogP contribution in [0.4, 0.5) is 10.3 Å². The van der Waals surface area contributed by atoms with Gasteiger partial charge in [0.2, 0.25) is 11.9 Å². The molecule has 1 saturated carbocycles. The first-order valence-electron chi connectivity index (χ1n) is 8.36. The lowest BCUT2D eigenvalue weighted by atomic mass is 10.2. The summed E-state index contributed by atoms with van der Waals surface area (Å²) in [5, 5.41) is 0.333. The average Bonchev–Trinajstić information content (AvgIpc) is 3.45. The molecule has 0 spiro atoms. The summed E-state index contributed by atoms with van der Waals surface area (Å²) in [6.07, 6.45) is 8.29. The van der Waals surface area contributed by atoms with E-state index in [1.54, 1.807) is 40.4 Å². The fourth-order valence-electron chi connectivity index (χ4n) is 2.54. The van der Waals surface area contributed by atoms with Crippen LogP contribution in [-0.2, 0) is 11.3 Å². The number of aromatic nitrogens is 2. The monoisotopic (exact) mass is 374 g/mol. The maximum atomic E-state index is 14.1. The van der Waals surface area contributed by atoms with Crippen LogP contribution in [0.5, 0.6) is 0 Å². The smallest absolute Gasteiger partial charge is 0.247 e. The Balaban J connectivity index is 1.73. The van der Waals surface area contributed by atoms with Gasteiger partial charge in [0.15, 0.2) is 0 Å². The second-order valence-electron chi connectivity index (χ2n) is 6.44. The molecule has 1 fully saturated rings. The van der Waals surface area contributed by atoms with Crippen LogP contribution in [0.3, 0.4) is 0 Å². The van der Waals surface area contributed by atoms with Crippen LogP contribution in [-0.4, -0.2) is 40.9 Å². The van der Waals surface area contributed by atoms with Gasteiger partial charge in [-0.1, -0.05) is 17.7 Å². The van der Waals surface area contributed by atoms with Gasteiger partial charge in [-0.3, -0.25) is 4.79 Å². The molecule has 2 aromatic rings. The fraction of sp³-hybridized carbons (Fsp3) is 0.316. The summed E-state index contributed by atoms with van der Waals surface area (Å²) in [6.45, 7) is 0.162. The molecule has 1 aliphatic carbocycles. The van der Waals surface area contributed by atoms with Crippen LogP contribution in [0, 0.1) is 5.82 Å². The second kappa shape index (κ2) is 7.83. The summed E-state index contributed by atoms with van der Waals surface area (Å²) in [4.78, 5) is 24.5. The maximum absolute atomic E-state index is 14.1. The Bertz CT molecular complexity index is 799. The molecule has 7 heteroatoms. The first kappa shape index (κ1) is 18.3. The van der Waals surface area contributed by atoms with Crippen molar-refractivity contribution in [1.82, 2.24) is 14.9 Å². The normalized spacial score (nSPS) is 13.8. The number of carbonyl (C=O) groups is 1. The molecule has 0 unspecified atom stereocenters. The van der Waals surface area contributed by atoms with Crippen molar-refractivity contribution in [2.24, 2.45) is 0 Å². The third-order valence-corrected chi connectivity index (χ3v) is 4.49. The van der Waals surface area contributed by atoms with Crippen LogP contribution < -0.4 is 4.90 Å². The van der Waals surface area contributed by atoms with Gasteiger partial charge in [-0.15, -0.1) is 0 Å². The summed E-state index contributed by atoms with van der Waals surface area (Å²) in [5.41, 5.74) is 1.07. The van der Waals surface area contributed by atoms with Gasteiger partial charge >= 0.3 is 0 Å². The molecule has 0 N–H and O–H groups in total. The number of hydrogen-bond donors (Lipinski definition) is 0. The van der Waals surface area contributed by atoms with E-state index < -0.39 is 5.82 Å². The zero-order chi connectivity index (χ0) is 18.7. The van der Waals surface area contributed by atoms with Gasteiger partial charge < -0.3 is 9.80 Å². The van der Waals surface area contributed by atoms with E-state index in [4.69, 9.17) is 11.6 Å². The molecule has 3 rings (SSSR count). The molecule has 0 atom stereocenters. The van der Waals surface area contributed by atoms with E-state index in [1.165, 1.54) is 12.1 Å². The highest BCUT2D eigenvalue weighted by molar-refractivity contribution is 6.31. The van der Waals surface area contributed by atoms with Gasteiger partial charge in [0.25, 0.3) is 0 Å². The van der Waals surface area contributed by atoms with Crippen molar-refractivity contribution in [2.45, 2.75) is 25.4 Å². The molecule has 0 bridgehead atoms. The zero-order valence-corrected chi connectivity index (χ0v) is 15.4. The lowest BCUT2D eigenvalue weighted by Crippen LogP contribution is -2.31. The van der Waals surface area contributed by atoms with E-state index in [9.17, 15) is 9.18 Å². The summed E-state index contributed by atoms with van der Waals surface area (Å²) >= 11 is 6.10. The van der Waals surface area contributed by atoms with Gasteiger partial charge in [-0.25, -0.2) is 14.4 Å². The van der Waals surface area contributed by atoms with Crippen molar-refractivity contribution in [3.05, 3.63) is 58.6 Å². The highest BCUT2D eigenvalue weighted by Gasteiger charge is 2.32. The van der Waals surface area contributed by atoms with E-state index in [0.29, 0.717) is 16.5 Å². The van der Waals surface area contributed by atoms with E-state index in [2.05, 4.69) is 9.97 Å².